The van der Waals surface area contributed by atoms with Crippen LogP contribution in [0.5, 0.6) is 11.5 Å². The Morgan fingerprint density at radius 2 is 2.19 bits per heavy atom. The van der Waals surface area contributed by atoms with Crippen molar-refractivity contribution in [1.29, 1.82) is 0 Å². The number of carbonyl (C=O) groups is 2. The standard InChI is InChI=1S/C17H18BrNO5S2/c1-3-24-14(20)5-4-6-19-16(22)13(26-17(19)25)9-10-7-11(18)15(21)12(8-10)23-2/h7-9,21H,3-6H2,1-2H3/b13-9-. The van der Waals surface area contributed by atoms with E-state index in [0.717, 1.165) is 0 Å². The first-order valence-electron chi connectivity index (χ1n) is 7.84. The van der Waals surface area contributed by atoms with E-state index in [1.54, 1.807) is 25.1 Å². The number of ether oxygens (including phenoxy) is 2. The number of thioether (sulfide) groups is 1. The average molecular weight is 460 g/mol. The van der Waals surface area contributed by atoms with Crippen LogP contribution >= 0.6 is 39.9 Å². The molecule has 1 aromatic carbocycles. The number of rotatable bonds is 7. The fourth-order valence-corrected chi connectivity index (χ4v) is 4.06. The van der Waals surface area contributed by atoms with Crippen molar-refractivity contribution in [1.82, 2.24) is 4.90 Å². The predicted molar refractivity (Wildman–Crippen MR) is 108 cm³/mol. The lowest BCUT2D eigenvalue weighted by atomic mass is 10.2. The Labute approximate surface area is 169 Å². The van der Waals surface area contributed by atoms with Crippen LogP contribution in [-0.4, -0.2) is 46.5 Å². The number of carbonyl (C=O) groups excluding carboxylic acids is 2. The molecule has 1 aromatic rings. The summed E-state index contributed by atoms with van der Waals surface area (Å²) in [6.07, 6.45) is 2.42. The number of phenols is 1. The second-order valence-corrected chi connectivity index (χ2v) is 7.83. The molecule has 1 saturated heterocycles. The number of hydrogen-bond donors (Lipinski definition) is 1. The third kappa shape index (κ3) is 4.99. The second-order valence-electron chi connectivity index (χ2n) is 5.30. The monoisotopic (exact) mass is 459 g/mol. The van der Waals surface area contributed by atoms with E-state index in [0.29, 0.717) is 44.6 Å². The van der Waals surface area contributed by atoms with Crippen LogP contribution in [-0.2, 0) is 14.3 Å². The molecule has 0 radical (unpaired) electrons. The van der Waals surface area contributed by atoms with Gasteiger partial charge in [-0.05, 0) is 53.0 Å². The summed E-state index contributed by atoms with van der Waals surface area (Å²) in [6, 6.07) is 3.32. The zero-order valence-corrected chi connectivity index (χ0v) is 17.5. The molecule has 1 amide bonds. The van der Waals surface area contributed by atoms with Gasteiger partial charge in [-0.15, -0.1) is 0 Å². The van der Waals surface area contributed by atoms with Gasteiger partial charge in [-0.1, -0.05) is 24.0 Å². The lowest BCUT2D eigenvalue weighted by Gasteiger charge is -2.13. The summed E-state index contributed by atoms with van der Waals surface area (Å²) in [7, 11) is 1.45. The van der Waals surface area contributed by atoms with E-state index in [-0.39, 0.29) is 24.0 Å². The molecule has 140 valence electrons. The number of phenolic OH excluding ortho intramolecular Hbond substituents is 1. The van der Waals surface area contributed by atoms with Crippen LogP contribution in [0.3, 0.4) is 0 Å². The van der Waals surface area contributed by atoms with Crippen molar-refractivity contribution in [3.63, 3.8) is 0 Å². The molecule has 1 fully saturated rings. The lowest BCUT2D eigenvalue weighted by Crippen LogP contribution is -2.29. The fourth-order valence-electron chi connectivity index (χ4n) is 2.29. The van der Waals surface area contributed by atoms with E-state index in [4.69, 9.17) is 21.7 Å². The Hall–Kier alpha value is -1.58. The first-order chi connectivity index (χ1) is 12.4. The number of nitrogens with zero attached hydrogens (tertiary/aromatic N) is 1. The summed E-state index contributed by atoms with van der Waals surface area (Å²) < 4.78 is 10.9. The van der Waals surface area contributed by atoms with Crippen molar-refractivity contribution in [3.05, 3.63) is 27.1 Å². The van der Waals surface area contributed by atoms with Crippen LogP contribution in [0.25, 0.3) is 6.08 Å². The van der Waals surface area contributed by atoms with Crippen molar-refractivity contribution in [2.75, 3.05) is 20.3 Å². The van der Waals surface area contributed by atoms with E-state index in [9.17, 15) is 14.7 Å². The largest absolute Gasteiger partial charge is 0.503 e. The molecule has 0 saturated carbocycles. The van der Waals surface area contributed by atoms with Gasteiger partial charge in [-0.25, -0.2) is 0 Å². The number of halogens is 1. The van der Waals surface area contributed by atoms with Gasteiger partial charge in [0.15, 0.2) is 11.5 Å². The molecule has 1 N–H and O–H groups in total. The maximum Gasteiger partial charge on any atom is 0.305 e. The van der Waals surface area contributed by atoms with Gasteiger partial charge >= 0.3 is 5.97 Å². The highest BCUT2D eigenvalue weighted by Crippen LogP contribution is 2.38. The third-order valence-electron chi connectivity index (χ3n) is 3.51. The number of aromatic hydroxyl groups is 1. The van der Waals surface area contributed by atoms with Crippen molar-refractivity contribution in [3.8, 4) is 11.5 Å². The van der Waals surface area contributed by atoms with Crippen LogP contribution in [0.2, 0.25) is 0 Å². The smallest absolute Gasteiger partial charge is 0.305 e. The highest BCUT2D eigenvalue weighted by atomic mass is 79.9. The number of methoxy groups -OCH3 is 1. The predicted octanol–water partition coefficient (Wildman–Crippen LogP) is 3.71. The number of esters is 1. The van der Waals surface area contributed by atoms with Crippen LogP contribution in [0.15, 0.2) is 21.5 Å². The van der Waals surface area contributed by atoms with E-state index in [1.165, 1.54) is 23.8 Å². The Balaban J connectivity index is 2.09. The van der Waals surface area contributed by atoms with E-state index in [1.807, 2.05) is 0 Å². The molecule has 0 unspecified atom stereocenters. The van der Waals surface area contributed by atoms with Gasteiger partial charge in [0.25, 0.3) is 5.91 Å². The molecule has 1 aliphatic heterocycles. The van der Waals surface area contributed by atoms with Crippen LogP contribution in [0.1, 0.15) is 25.3 Å². The first-order valence-corrected chi connectivity index (χ1v) is 9.86. The summed E-state index contributed by atoms with van der Waals surface area (Å²) in [5.41, 5.74) is 0.693. The Bertz CT molecular complexity index is 766. The molecule has 9 heteroatoms. The van der Waals surface area contributed by atoms with Crippen LogP contribution in [0, 0.1) is 0 Å². The molecule has 26 heavy (non-hydrogen) atoms. The van der Waals surface area contributed by atoms with Crippen molar-refractivity contribution in [2.24, 2.45) is 0 Å². The highest BCUT2D eigenvalue weighted by molar-refractivity contribution is 9.10. The van der Waals surface area contributed by atoms with E-state index >= 15 is 0 Å². The minimum Gasteiger partial charge on any atom is -0.503 e. The lowest BCUT2D eigenvalue weighted by molar-refractivity contribution is -0.143. The molecule has 1 aliphatic rings. The average Bonchev–Trinajstić information content (AvgIpc) is 2.85. The molecule has 0 aromatic heterocycles. The first kappa shape index (κ1) is 20.7. The maximum absolute atomic E-state index is 12.6. The molecule has 0 atom stereocenters. The Morgan fingerprint density at radius 3 is 2.85 bits per heavy atom. The van der Waals surface area contributed by atoms with Gasteiger partial charge in [0.1, 0.15) is 4.32 Å². The van der Waals surface area contributed by atoms with Gasteiger partial charge in [-0.3, -0.25) is 14.5 Å². The molecule has 0 aliphatic carbocycles. The van der Waals surface area contributed by atoms with E-state index < -0.39 is 0 Å². The second kappa shape index (κ2) is 9.38. The summed E-state index contributed by atoms with van der Waals surface area (Å²) in [4.78, 5) is 25.9. The minimum atomic E-state index is -0.283. The summed E-state index contributed by atoms with van der Waals surface area (Å²) in [5, 5.41) is 9.87. The number of hydrogen-bond acceptors (Lipinski definition) is 7. The molecule has 6 nitrogen and oxygen atoms in total. The van der Waals surface area contributed by atoms with Crippen LogP contribution < -0.4 is 4.74 Å². The quantitative estimate of drug-likeness (QED) is 0.378. The summed E-state index contributed by atoms with van der Waals surface area (Å²) in [6.45, 7) is 2.46. The van der Waals surface area contributed by atoms with E-state index in [2.05, 4.69) is 15.9 Å². The minimum absolute atomic E-state index is 0.00355. The van der Waals surface area contributed by atoms with Crippen LogP contribution in [0.4, 0.5) is 0 Å². The Morgan fingerprint density at radius 1 is 1.46 bits per heavy atom. The molecular weight excluding hydrogens is 442 g/mol. The molecule has 0 bridgehead atoms. The number of thiocarbonyl (C=S) groups is 1. The van der Waals surface area contributed by atoms with Crippen molar-refractivity contribution >= 4 is 62.2 Å². The fraction of sp³-hybridized carbons (Fsp3) is 0.353. The molecule has 1 heterocycles. The molecule has 2 rings (SSSR count). The highest BCUT2D eigenvalue weighted by Gasteiger charge is 2.31. The van der Waals surface area contributed by atoms with Gasteiger partial charge < -0.3 is 14.6 Å². The summed E-state index contributed by atoms with van der Waals surface area (Å²) in [5.74, 6) is -0.187. The third-order valence-corrected chi connectivity index (χ3v) is 5.49. The maximum atomic E-state index is 12.6. The van der Waals surface area contributed by atoms with Crippen molar-refractivity contribution in [2.45, 2.75) is 19.8 Å². The SMILES string of the molecule is CCOC(=O)CCCN1C(=O)/C(=C/c2cc(Br)c(O)c(OC)c2)SC1=S. The van der Waals surface area contributed by atoms with Gasteiger partial charge in [-0.2, -0.15) is 0 Å². The van der Waals surface area contributed by atoms with Gasteiger partial charge in [0.2, 0.25) is 0 Å². The normalized spacial score (nSPS) is 15.7. The summed E-state index contributed by atoms with van der Waals surface area (Å²) >= 11 is 9.73. The Kier molecular flexibility index (Phi) is 7.48. The molecular formula is C17H18BrNO5S2. The zero-order valence-electron chi connectivity index (χ0n) is 14.3. The molecule has 0 spiro atoms. The zero-order chi connectivity index (χ0) is 19.3. The van der Waals surface area contributed by atoms with Gasteiger partial charge in [0, 0.05) is 13.0 Å². The van der Waals surface area contributed by atoms with Gasteiger partial charge in [0.05, 0.1) is 23.1 Å². The number of benzene rings is 1. The topological polar surface area (TPSA) is 76.1 Å². The number of amides is 1. The van der Waals surface area contributed by atoms with Crippen molar-refractivity contribution < 1.29 is 24.2 Å².